The fourth-order valence-corrected chi connectivity index (χ4v) is 3.25. The summed E-state index contributed by atoms with van der Waals surface area (Å²) in [6.45, 7) is 2.05. The fourth-order valence-electron chi connectivity index (χ4n) is 2.59. The summed E-state index contributed by atoms with van der Waals surface area (Å²) in [5.41, 5.74) is 2.51. The van der Waals surface area contributed by atoms with Gasteiger partial charge in [0.1, 0.15) is 0 Å². The smallest absolute Gasteiger partial charge is 0.0898 e. The second-order valence-corrected chi connectivity index (χ2v) is 6.04. The molecule has 0 amide bonds. The number of nitrogens with one attached hydrogen (secondary N) is 1. The van der Waals surface area contributed by atoms with Crippen molar-refractivity contribution in [3.05, 3.63) is 64.1 Å². The van der Waals surface area contributed by atoms with E-state index in [9.17, 15) is 0 Å². The first-order chi connectivity index (χ1) is 9.78. The minimum atomic E-state index is 0.269. The molecular weight excluding hydrogens is 264 g/mol. The Hall–Kier alpha value is -1.71. The molecule has 3 heteroatoms. The Balaban J connectivity index is 1.95. The zero-order chi connectivity index (χ0) is 13.9. The molecule has 0 spiro atoms. The second kappa shape index (κ2) is 5.73. The summed E-state index contributed by atoms with van der Waals surface area (Å²) >= 11 is 1.71. The van der Waals surface area contributed by atoms with E-state index in [2.05, 4.69) is 65.1 Å². The van der Waals surface area contributed by atoms with Gasteiger partial charge in [-0.2, -0.15) is 0 Å². The SMILES string of the molecule is CNC(Cc1cccc2ccccc12)c1csc(C)n1. The molecule has 1 unspecified atom stereocenters. The van der Waals surface area contributed by atoms with Gasteiger partial charge in [-0.25, -0.2) is 4.98 Å². The molecule has 1 aromatic heterocycles. The van der Waals surface area contributed by atoms with Crippen LogP contribution in [0.2, 0.25) is 0 Å². The van der Waals surface area contributed by atoms with Crippen LogP contribution < -0.4 is 5.32 Å². The van der Waals surface area contributed by atoms with E-state index in [0.717, 1.165) is 17.1 Å². The Labute approximate surface area is 123 Å². The topological polar surface area (TPSA) is 24.9 Å². The van der Waals surface area contributed by atoms with Gasteiger partial charge in [-0.15, -0.1) is 11.3 Å². The largest absolute Gasteiger partial charge is 0.311 e. The van der Waals surface area contributed by atoms with Gasteiger partial charge < -0.3 is 5.32 Å². The molecule has 0 aliphatic rings. The van der Waals surface area contributed by atoms with Crippen LogP contribution in [0.1, 0.15) is 22.3 Å². The number of fused-ring (bicyclic) bond motifs is 1. The molecule has 1 atom stereocenters. The van der Waals surface area contributed by atoms with Crippen LogP contribution in [0.25, 0.3) is 10.8 Å². The van der Waals surface area contributed by atoms with Crippen LogP contribution in [0.3, 0.4) is 0 Å². The summed E-state index contributed by atoms with van der Waals surface area (Å²) in [5, 5.41) is 9.30. The third-order valence-corrected chi connectivity index (χ3v) is 4.44. The minimum absolute atomic E-state index is 0.269. The van der Waals surface area contributed by atoms with Gasteiger partial charge in [0.2, 0.25) is 0 Å². The highest BCUT2D eigenvalue weighted by Crippen LogP contribution is 2.25. The molecule has 3 aromatic rings. The van der Waals surface area contributed by atoms with Crippen molar-refractivity contribution in [1.29, 1.82) is 0 Å². The van der Waals surface area contributed by atoms with Gasteiger partial charge in [0, 0.05) is 5.38 Å². The number of aromatic nitrogens is 1. The lowest BCUT2D eigenvalue weighted by Crippen LogP contribution is -2.19. The van der Waals surface area contributed by atoms with Gasteiger partial charge >= 0.3 is 0 Å². The first kappa shape index (κ1) is 13.3. The molecule has 2 nitrogen and oxygen atoms in total. The van der Waals surface area contributed by atoms with Crippen molar-refractivity contribution < 1.29 is 0 Å². The first-order valence-corrected chi connectivity index (χ1v) is 7.72. The van der Waals surface area contributed by atoms with Crippen molar-refractivity contribution in [2.45, 2.75) is 19.4 Å². The number of likely N-dealkylation sites (N-methyl/N-ethyl adjacent to an activating group) is 1. The number of thiazole rings is 1. The van der Waals surface area contributed by atoms with Gasteiger partial charge in [0.15, 0.2) is 0 Å². The maximum atomic E-state index is 4.61. The molecule has 0 saturated carbocycles. The van der Waals surface area contributed by atoms with Gasteiger partial charge in [-0.1, -0.05) is 42.5 Å². The van der Waals surface area contributed by atoms with E-state index in [1.807, 2.05) is 7.05 Å². The number of aryl methyl sites for hydroxylation is 1. The van der Waals surface area contributed by atoms with Crippen molar-refractivity contribution in [2.24, 2.45) is 0 Å². The van der Waals surface area contributed by atoms with Gasteiger partial charge in [0.25, 0.3) is 0 Å². The molecule has 0 bridgehead atoms. The zero-order valence-electron chi connectivity index (χ0n) is 11.8. The van der Waals surface area contributed by atoms with Gasteiger partial charge in [0.05, 0.1) is 16.7 Å². The zero-order valence-corrected chi connectivity index (χ0v) is 12.6. The molecule has 0 fully saturated rings. The van der Waals surface area contributed by atoms with Gasteiger partial charge in [-0.3, -0.25) is 0 Å². The van der Waals surface area contributed by atoms with Crippen molar-refractivity contribution in [2.75, 3.05) is 7.05 Å². The Morgan fingerprint density at radius 2 is 1.95 bits per heavy atom. The van der Waals surface area contributed by atoms with Crippen LogP contribution in [-0.4, -0.2) is 12.0 Å². The lowest BCUT2D eigenvalue weighted by Gasteiger charge is -2.15. The van der Waals surface area contributed by atoms with Crippen molar-refractivity contribution >= 4 is 22.1 Å². The summed E-state index contributed by atoms with van der Waals surface area (Å²) in [6, 6.07) is 15.3. The number of hydrogen-bond donors (Lipinski definition) is 1. The molecule has 1 N–H and O–H groups in total. The van der Waals surface area contributed by atoms with Crippen molar-refractivity contribution in [1.82, 2.24) is 10.3 Å². The minimum Gasteiger partial charge on any atom is -0.311 e. The highest BCUT2D eigenvalue weighted by molar-refractivity contribution is 7.09. The third-order valence-electron chi connectivity index (χ3n) is 3.65. The molecule has 0 aliphatic heterocycles. The predicted octanol–water partition coefficient (Wildman–Crippen LogP) is 4.11. The van der Waals surface area contributed by atoms with E-state index >= 15 is 0 Å². The molecule has 0 aliphatic carbocycles. The average molecular weight is 282 g/mol. The highest BCUT2D eigenvalue weighted by Gasteiger charge is 2.14. The third kappa shape index (κ3) is 2.60. The molecule has 0 radical (unpaired) electrons. The Bertz CT molecular complexity index is 712. The average Bonchev–Trinajstić information content (AvgIpc) is 2.91. The van der Waals surface area contributed by atoms with Gasteiger partial charge in [-0.05, 0) is 36.7 Å². The van der Waals surface area contributed by atoms with Crippen LogP contribution in [0.5, 0.6) is 0 Å². The quantitative estimate of drug-likeness (QED) is 0.779. The van der Waals surface area contributed by atoms with Crippen LogP contribution in [-0.2, 0) is 6.42 Å². The molecule has 1 heterocycles. The lowest BCUT2D eigenvalue weighted by atomic mass is 9.98. The Kier molecular flexibility index (Phi) is 3.81. The van der Waals surface area contributed by atoms with E-state index in [0.29, 0.717) is 0 Å². The first-order valence-electron chi connectivity index (χ1n) is 6.84. The van der Waals surface area contributed by atoms with E-state index in [4.69, 9.17) is 0 Å². The predicted molar refractivity (Wildman–Crippen MR) is 86.3 cm³/mol. The van der Waals surface area contributed by atoms with Crippen LogP contribution in [0.15, 0.2) is 47.8 Å². The van der Waals surface area contributed by atoms with Crippen molar-refractivity contribution in [3.63, 3.8) is 0 Å². The molecule has 0 saturated heterocycles. The summed E-state index contributed by atoms with van der Waals surface area (Å²) in [4.78, 5) is 4.61. The molecule has 20 heavy (non-hydrogen) atoms. The number of benzene rings is 2. The molecule has 2 aromatic carbocycles. The second-order valence-electron chi connectivity index (χ2n) is 4.98. The summed E-state index contributed by atoms with van der Waals surface area (Å²) in [5.74, 6) is 0. The monoisotopic (exact) mass is 282 g/mol. The van der Waals surface area contributed by atoms with Crippen LogP contribution >= 0.6 is 11.3 Å². The lowest BCUT2D eigenvalue weighted by molar-refractivity contribution is 0.580. The van der Waals surface area contributed by atoms with E-state index in [1.54, 1.807) is 11.3 Å². The highest BCUT2D eigenvalue weighted by atomic mass is 32.1. The molecule has 3 rings (SSSR count). The van der Waals surface area contributed by atoms with E-state index < -0.39 is 0 Å². The number of rotatable bonds is 4. The molecular formula is C17H18N2S. The van der Waals surface area contributed by atoms with E-state index in [1.165, 1.54) is 16.3 Å². The maximum Gasteiger partial charge on any atom is 0.0898 e. The number of hydrogen-bond acceptors (Lipinski definition) is 3. The fraction of sp³-hybridized carbons (Fsp3) is 0.235. The summed E-state index contributed by atoms with van der Waals surface area (Å²) < 4.78 is 0. The number of nitrogens with zero attached hydrogens (tertiary/aromatic N) is 1. The molecule has 102 valence electrons. The Morgan fingerprint density at radius 1 is 1.15 bits per heavy atom. The standard InChI is InChI=1S/C17H18N2S/c1-12-19-17(11-20-12)16(18-2)10-14-8-5-7-13-6-3-4-9-15(13)14/h3-9,11,16,18H,10H2,1-2H3. The van der Waals surface area contributed by atoms with Crippen LogP contribution in [0.4, 0.5) is 0 Å². The van der Waals surface area contributed by atoms with E-state index in [-0.39, 0.29) is 6.04 Å². The Morgan fingerprint density at radius 3 is 2.70 bits per heavy atom. The summed E-state index contributed by atoms with van der Waals surface area (Å²) in [6.07, 6.45) is 0.959. The maximum absolute atomic E-state index is 4.61. The summed E-state index contributed by atoms with van der Waals surface area (Å²) in [7, 11) is 2.00. The van der Waals surface area contributed by atoms with Crippen LogP contribution in [0, 0.1) is 6.92 Å². The normalized spacial score (nSPS) is 12.7. The van der Waals surface area contributed by atoms with Crippen molar-refractivity contribution in [3.8, 4) is 0 Å².